The first kappa shape index (κ1) is 12.0. The van der Waals surface area contributed by atoms with Crippen LogP contribution in [0, 0.1) is 0 Å². The minimum atomic E-state index is 0.0432. The minimum absolute atomic E-state index is 0.0432. The quantitative estimate of drug-likeness (QED) is 0.729. The molecule has 0 aliphatic rings. The van der Waals surface area contributed by atoms with Crippen molar-refractivity contribution in [1.29, 1.82) is 0 Å². The van der Waals surface area contributed by atoms with E-state index in [1.165, 1.54) is 17.3 Å². The summed E-state index contributed by atoms with van der Waals surface area (Å²) >= 11 is 7.42. The van der Waals surface area contributed by atoms with Crippen LogP contribution in [-0.4, -0.2) is 29.7 Å². The average Bonchev–Trinajstić information content (AvgIpc) is 3.09. The Morgan fingerprint density at radius 2 is 2.26 bits per heavy atom. The molecular weight excluding hydrogens is 288 g/mol. The molecule has 0 N–H and O–H groups in total. The number of rotatable bonds is 4. The van der Waals surface area contributed by atoms with E-state index in [9.17, 15) is 0 Å². The van der Waals surface area contributed by atoms with Gasteiger partial charge in [0.2, 0.25) is 5.28 Å². The Hall–Kier alpha value is -2.06. The molecule has 0 atom stereocenters. The van der Waals surface area contributed by atoms with E-state index in [-0.39, 0.29) is 17.2 Å². The normalized spacial score (nSPS) is 10.6. The van der Waals surface area contributed by atoms with Crippen LogP contribution in [-0.2, 0) is 6.61 Å². The largest absolute Gasteiger partial charge is 0.458 e. The first-order valence-corrected chi connectivity index (χ1v) is 6.49. The van der Waals surface area contributed by atoms with Gasteiger partial charge in [0.1, 0.15) is 19.3 Å². The van der Waals surface area contributed by atoms with Gasteiger partial charge in [0.15, 0.2) is 0 Å². The van der Waals surface area contributed by atoms with Crippen LogP contribution in [0.25, 0.3) is 5.95 Å². The summed E-state index contributed by atoms with van der Waals surface area (Å²) in [6.07, 6.45) is 2.85. The van der Waals surface area contributed by atoms with Crippen molar-refractivity contribution in [2.75, 3.05) is 0 Å². The van der Waals surface area contributed by atoms with Crippen molar-refractivity contribution < 1.29 is 4.74 Å². The van der Waals surface area contributed by atoms with Crippen LogP contribution in [0.15, 0.2) is 30.2 Å². The molecule has 0 spiro atoms. The van der Waals surface area contributed by atoms with Gasteiger partial charge in [-0.05, 0) is 23.0 Å². The first-order chi connectivity index (χ1) is 9.31. The molecule has 9 heteroatoms. The predicted molar refractivity (Wildman–Crippen MR) is 68.4 cm³/mol. The fourth-order valence-corrected chi connectivity index (χ4v) is 2.09. The third kappa shape index (κ3) is 2.85. The molecule has 0 saturated heterocycles. The monoisotopic (exact) mass is 294 g/mol. The van der Waals surface area contributed by atoms with Gasteiger partial charge in [0.05, 0.1) is 0 Å². The van der Waals surface area contributed by atoms with Gasteiger partial charge in [-0.1, -0.05) is 6.07 Å². The van der Waals surface area contributed by atoms with Crippen molar-refractivity contribution in [3.05, 3.63) is 40.3 Å². The van der Waals surface area contributed by atoms with Gasteiger partial charge in [0.25, 0.3) is 5.95 Å². The van der Waals surface area contributed by atoms with E-state index >= 15 is 0 Å². The lowest BCUT2D eigenvalue weighted by atomic mass is 10.5. The highest BCUT2D eigenvalue weighted by Crippen LogP contribution is 2.14. The van der Waals surface area contributed by atoms with E-state index in [0.717, 1.165) is 4.88 Å². The Kier molecular flexibility index (Phi) is 3.34. The van der Waals surface area contributed by atoms with Gasteiger partial charge >= 0.3 is 6.01 Å². The second kappa shape index (κ2) is 5.29. The molecule has 3 aromatic rings. The third-order valence-corrected chi connectivity index (χ3v) is 3.14. The van der Waals surface area contributed by atoms with Gasteiger partial charge in [-0.3, -0.25) is 0 Å². The van der Waals surface area contributed by atoms with Gasteiger partial charge in [-0.15, -0.1) is 11.3 Å². The molecule has 0 saturated carbocycles. The number of aromatic nitrogens is 6. The molecular formula is C10H7ClN6OS. The molecule has 0 unspecified atom stereocenters. The van der Waals surface area contributed by atoms with Crippen LogP contribution in [0.5, 0.6) is 6.01 Å². The molecule has 3 rings (SSSR count). The summed E-state index contributed by atoms with van der Waals surface area (Å²) in [5, 5.41) is 5.93. The van der Waals surface area contributed by atoms with E-state index in [0.29, 0.717) is 6.61 Å². The molecule has 7 nitrogen and oxygen atoms in total. The number of halogens is 1. The molecule has 0 aromatic carbocycles. The van der Waals surface area contributed by atoms with Crippen LogP contribution in [0.3, 0.4) is 0 Å². The van der Waals surface area contributed by atoms with Gasteiger partial charge in [-0.25, -0.2) is 4.98 Å². The molecule has 96 valence electrons. The molecule has 0 fully saturated rings. The van der Waals surface area contributed by atoms with E-state index in [1.807, 2.05) is 17.5 Å². The van der Waals surface area contributed by atoms with Crippen LogP contribution in [0.4, 0.5) is 0 Å². The highest BCUT2D eigenvalue weighted by molar-refractivity contribution is 7.09. The Bertz CT molecular complexity index is 657. The number of ether oxygens (including phenoxy) is 1. The maximum absolute atomic E-state index is 5.83. The van der Waals surface area contributed by atoms with E-state index in [1.54, 1.807) is 11.3 Å². The fraction of sp³-hybridized carbons (Fsp3) is 0.100. The highest BCUT2D eigenvalue weighted by Gasteiger charge is 2.08. The number of nitrogens with zero attached hydrogens (tertiary/aromatic N) is 6. The second-order valence-corrected chi connectivity index (χ2v) is 4.77. The Balaban J connectivity index is 1.82. The van der Waals surface area contributed by atoms with Crippen LogP contribution in [0.1, 0.15) is 4.88 Å². The van der Waals surface area contributed by atoms with Gasteiger partial charge in [0, 0.05) is 4.88 Å². The zero-order valence-electron chi connectivity index (χ0n) is 9.47. The lowest BCUT2D eigenvalue weighted by Crippen LogP contribution is -2.06. The van der Waals surface area contributed by atoms with Gasteiger partial charge in [-0.2, -0.15) is 24.7 Å². The molecule has 0 radical (unpaired) electrons. The van der Waals surface area contributed by atoms with E-state index < -0.39 is 0 Å². The van der Waals surface area contributed by atoms with E-state index in [4.69, 9.17) is 16.3 Å². The van der Waals surface area contributed by atoms with Crippen molar-refractivity contribution in [2.45, 2.75) is 6.61 Å². The summed E-state index contributed by atoms with van der Waals surface area (Å²) in [7, 11) is 0. The maximum atomic E-state index is 5.83. The standard InChI is InChI=1S/C10H7ClN6OS/c11-8-14-9(17-6-12-5-13-17)16-10(15-8)18-4-7-2-1-3-19-7/h1-3,5-6H,4H2. The Labute approximate surface area is 116 Å². The molecule has 0 bridgehead atoms. The topological polar surface area (TPSA) is 78.6 Å². The summed E-state index contributed by atoms with van der Waals surface area (Å²) in [4.78, 5) is 16.8. The smallest absolute Gasteiger partial charge is 0.322 e. The minimum Gasteiger partial charge on any atom is -0.458 e. The van der Waals surface area contributed by atoms with Crippen LogP contribution >= 0.6 is 22.9 Å². The van der Waals surface area contributed by atoms with Crippen molar-refractivity contribution in [3.63, 3.8) is 0 Å². The maximum Gasteiger partial charge on any atom is 0.322 e. The number of thiophene rings is 1. The number of hydrogen-bond acceptors (Lipinski definition) is 7. The molecule has 3 heterocycles. The zero-order valence-corrected chi connectivity index (χ0v) is 11.0. The SMILES string of the molecule is Clc1nc(OCc2cccs2)nc(-n2cncn2)n1. The van der Waals surface area contributed by atoms with Gasteiger partial charge < -0.3 is 4.74 Å². The van der Waals surface area contributed by atoms with Crippen LogP contribution in [0.2, 0.25) is 5.28 Å². The molecule has 19 heavy (non-hydrogen) atoms. The molecule has 0 aliphatic heterocycles. The highest BCUT2D eigenvalue weighted by atomic mass is 35.5. The van der Waals surface area contributed by atoms with Crippen molar-refractivity contribution in [2.24, 2.45) is 0 Å². The lowest BCUT2D eigenvalue weighted by molar-refractivity contribution is 0.282. The summed E-state index contributed by atoms with van der Waals surface area (Å²) in [6, 6.07) is 4.06. The summed E-state index contributed by atoms with van der Waals surface area (Å²) in [5.41, 5.74) is 0. The Morgan fingerprint density at radius 1 is 1.32 bits per heavy atom. The lowest BCUT2D eigenvalue weighted by Gasteiger charge is -2.04. The average molecular weight is 295 g/mol. The second-order valence-electron chi connectivity index (χ2n) is 3.40. The summed E-state index contributed by atoms with van der Waals surface area (Å²) in [6.45, 7) is 0.384. The summed E-state index contributed by atoms with van der Waals surface area (Å²) < 4.78 is 6.85. The van der Waals surface area contributed by atoms with Crippen LogP contribution < -0.4 is 4.74 Å². The summed E-state index contributed by atoms with van der Waals surface area (Å²) in [5.74, 6) is 0.263. The molecule has 0 aliphatic carbocycles. The van der Waals surface area contributed by atoms with Crippen molar-refractivity contribution in [3.8, 4) is 12.0 Å². The zero-order chi connectivity index (χ0) is 13.1. The van der Waals surface area contributed by atoms with Crippen molar-refractivity contribution >= 4 is 22.9 Å². The molecule has 3 aromatic heterocycles. The first-order valence-electron chi connectivity index (χ1n) is 5.23. The number of hydrogen-bond donors (Lipinski definition) is 0. The molecule has 0 amide bonds. The van der Waals surface area contributed by atoms with Crippen molar-refractivity contribution in [1.82, 2.24) is 29.7 Å². The fourth-order valence-electron chi connectivity index (χ4n) is 1.33. The van der Waals surface area contributed by atoms with E-state index in [2.05, 4.69) is 25.0 Å². The third-order valence-electron chi connectivity index (χ3n) is 2.12. The predicted octanol–water partition coefficient (Wildman–Crippen LogP) is 1.75. The Morgan fingerprint density at radius 3 is 3.00 bits per heavy atom.